The van der Waals surface area contributed by atoms with Crippen LogP contribution in [0.2, 0.25) is 0 Å². The van der Waals surface area contributed by atoms with Crippen molar-refractivity contribution in [1.29, 1.82) is 0 Å². The molecule has 1 fully saturated rings. The van der Waals surface area contributed by atoms with Crippen LogP contribution in [0.5, 0.6) is 5.75 Å². The molecule has 0 bridgehead atoms. The fourth-order valence-corrected chi connectivity index (χ4v) is 3.85. The molecule has 0 aromatic heterocycles. The predicted octanol–water partition coefficient (Wildman–Crippen LogP) is 3.64. The molecule has 1 aliphatic rings. The number of likely N-dealkylation sites (N-methyl/N-ethyl adjacent to an activating group) is 1. The Morgan fingerprint density at radius 3 is 2.41 bits per heavy atom. The summed E-state index contributed by atoms with van der Waals surface area (Å²) in [7, 11) is 0. The average Bonchev–Trinajstić information content (AvgIpc) is 2.79. The third kappa shape index (κ3) is 6.01. The summed E-state index contributed by atoms with van der Waals surface area (Å²) in [6.07, 6.45) is 0. The minimum absolute atomic E-state index is 0.114. The van der Waals surface area contributed by atoms with Crippen molar-refractivity contribution < 1.29 is 19.1 Å². The van der Waals surface area contributed by atoms with Crippen LogP contribution in [-0.4, -0.2) is 62.7 Å². The molecule has 1 amide bonds. The highest BCUT2D eigenvalue weighted by Gasteiger charge is 2.21. The molecule has 0 spiro atoms. The van der Waals surface area contributed by atoms with Crippen molar-refractivity contribution in [3.05, 3.63) is 53.1 Å². The largest absolute Gasteiger partial charge is 0.483 e. The van der Waals surface area contributed by atoms with E-state index >= 15 is 0 Å². The van der Waals surface area contributed by atoms with E-state index < -0.39 is 5.97 Å². The van der Waals surface area contributed by atoms with Gasteiger partial charge in [0.15, 0.2) is 6.61 Å². The minimum Gasteiger partial charge on any atom is -0.483 e. The van der Waals surface area contributed by atoms with Gasteiger partial charge < -0.3 is 24.6 Å². The van der Waals surface area contributed by atoms with Crippen molar-refractivity contribution in [2.45, 2.75) is 27.7 Å². The normalized spacial score (nSPS) is 14.2. The minimum atomic E-state index is -0.406. The molecule has 0 saturated carbocycles. The molecule has 1 N–H and O–H groups in total. The maximum absolute atomic E-state index is 12.7. The van der Waals surface area contributed by atoms with E-state index in [1.54, 1.807) is 19.1 Å². The van der Waals surface area contributed by atoms with Gasteiger partial charge in [0.1, 0.15) is 5.75 Å². The van der Waals surface area contributed by atoms with Crippen LogP contribution in [0.4, 0.5) is 11.4 Å². The fraction of sp³-hybridized carbons (Fsp3) is 0.440. The van der Waals surface area contributed by atoms with Crippen molar-refractivity contribution in [1.82, 2.24) is 4.90 Å². The fourth-order valence-electron chi connectivity index (χ4n) is 3.85. The van der Waals surface area contributed by atoms with Gasteiger partial charge >= 0.3 is 5.97 Å². The first-order valence-electron chi connectivity index (χ1n) is 11.2. The number of amides is 1. The topological polar surface area (TPSA) is 71.1 Å². The highest BCUT2D eigenvalue weighted by Crippen LogP contribution is 2.29. The highest BCUT2D eigenvalue weighted by atomic mass is 16.5. The van der Waals surface area contributed by atoms with Gasteiger partial charge in [-0.05, 0) is 57.1 Å². The van der Waals surface area contributed by atoms with Crippen molar-refractivity contribution in [2.24, 2.45) is 0 Å². The van der Waals surface area contributed by atoms with Crippen LogP contribution in [0.3, 0.4) is 0 Å². The molecular weight excluding hydrogens is 406 g/mol. The van der Waals surface area contributed by atoms with Gasteiger partial charge in [-0.25, -0.2) is 4.79 Å². The maximum atomic E-state index is 12.7. The zero-order valence-electron chi connectivity index (χ0n) is 19.4. The molecule has 1 saturated heterocycles. The zero-order chi connectivity index (χ0) is 23.1. The Kier molecular flexibility index (Phi) is 8.11. The second kappa shape index (κ2) is 11.0. The molecule has 0 radical (unpaired) electrons. The summed E-state index contributed by atoms with van der Waals surface area (Å²) in [6, 6.07) is 11.2. The summed E-state index contributed by atoms with van der Waals surface area (Å²) < 4.78 is 10.9. The molecule has 32 heavy (non-hydrogen) atoms. The molecule has 1 aliphatic heterocycles. The number of ether oxygens (including phenoxy) is 2. The quantitative estimate of drug-likeness (QED) is 0.634. The van der Waals surface area contributed by atoms with Crippen LogP contribution in [0.15, 0.2) is 36.4 Å². The molecule has 3 rings (SSSR count). The Labute approximate surface area is 190 Å². The number of rotatable bonds is 8. The highest BCUT2D eigenvalue weighted by molar-refractivity contribution is 5.98. The van der Waals surface area contributed by atoms with Crippen LogP contribution in [-0.2, 0) is 9.53 Å². The Balaban J connectivity index is 1.76. The smallest absolute Gasteiger partial charge is 0.338 e. The number of hydrogen-bond donors (Lipinski definition) is 1. The molecule has 1 heterocycles. The van der Waals surface area contributed by atoms with E-state index in [2.05, 4.69) is 22.0 Å². The number of carbonyl (C=O) groups is 2. The number of piperazine rings is 1. The molecule has 7 nitrogen and oxygen atoms in total. The number of carbonyl (C=O) groups excluding carboxylic acids is 2. The van der Waals surface area contributed by atoms with Gasteiger partial charge in [0.25, 0.3) is 5.91 Å². The second-order valence-electron chi connectivity index (χ2n) is 7.98. The number of nitrogens with one attached hydrogen (secondary N) is 1. The van der Waals surface area contributed by atoms with Gasteiger partial charge in [-0.15, -0.1) is 0 Å². The second-order valence-corrected chi connectivity index (χ2v) is 7.98. The third-order valence-electron chi connectivity index (χ3n) is 5.63. The van der Waals surface area contributed by atoms with Crippen LogP contribution in [0.1, 0.15) is 35.3 Å². The zero-order valence-corrected chi connectivity index (χ0v) is 19.4. The summed E-state index contributed by atoms with van der Waals surface area (Å²) in [5.41, 5.74) is 4.02. The van der Waals surface area contributed by atoms with Crippen LogP contribution >= 0.6 is 0 Å². The van der Waals surface area contributed by atoms with E-state index in [-0.39, 0.29) is 12.5 Å². The monoisotopic (exact) mass is 439 g/mol. The van der Waals surface area contributed by atoms with E-state index in [4.69, 9.17) is 9.47 Å². The van der Waals surface area contributed by atoms with Crippen molar-refractivity contribution >= 4 is 23.3 Å². The number of anilines is 2. The first-order valence-corrected chi connectivity index (χ1v) is 11.2. The summed E-state index contributed by atoms with van der Waals surface area (Å²) in [5, 5.41) is 2.94. The van der Waals surface area contributed by atoms with Gasteiger partial charge in [0.05, 0.1) is 23.5 Å². The predicted molar refractivity (Wildman–Crippen MR) is 127 cm³/mol. The molecule has 2 aromatic carbocycles. The number of aryl methyl sites for hydroxylation is 2. The first kappa shape index (κ1) is 23.6. The van der Waals surface area contributed by atoms with Gasteiger partial charge in [-0.2, -0.15) is 0 Å². The number of esters is 1. The Bertz CT molecular complexity index is 952. The van der Waals surface area contributed by atoms with Crippen LogP contribution in [0.25, 0.3) is 0 Å². The molecule has 172 valence electrons. The van der Waals surface area contributed by atoms with Gasteiger partial charge in [-0.1, -0.05) is 24.6 Å². The average molecular weight is 440 g/mol. The number of benzene rings is 2. The molecule has 2 aromatic rings. The van der Waals surface area contributed by atoms with Crippen molar-refractivity contribution in [2.75, 3.05) is 56.2 Å². The molecular formula is C25H33N3O4. The third-order valence-corrected chi connectivity index (χ3v) is 5.63. The molecule has 7 heteroatoms. The van der Waals surface area contributed by atoms with Gasteiger partial charge in [0, 0.05) is 26.2 Å². The molecule has 0 atom stereocenters. The van der Waals surface area contributed by atoms with E-state index in [1.807, 2.05) is 38.1 Å². The van der Waals surface area contributed by atoms with Gasteiger partial charge in [0.2, 0.25) is 0 Å². The Hall–Kier alpha value is -3.06. The van der Waals surface area contributed by atoms with E-state index in [0.717, 1.165) is 49.5 Å². The van der Waals surface area contributed by atoms with E-state index in [0.29, 0.717) is 23.6 Å². The Morgan fingerprint density at radius 1 is 1.00 bits per heavy atom. The number of nitrogens with zero attached hydrogens (tertiary/aromatic N) is 2. The first-order chi connectivity index (χ1) is 15.4. The maximum Gasteiger partial charge on any atom is 0.338 e. The van der Waals surface area contributed by atoms with Crippen LogP contribution < -0.4 is 15.0 Å². The molecule has 0 aliphatic carbocycles. The molecule has 0 unspecified atom stereocenters. The SMILES string of the molecule is CCOC(=O)c1ccc(N2CCN(CC)CC2)c(NC(=O)COc2ccc(C)cc2C)c1. The van der Waals surface area contributed by atoms with Gasteiger partial charge in [-0.3, -0.25) is 4.79 Å². The van der Waals surface area contributed by atoms with Crippen molar-refractivity contribution in [3.8, 4) is 5.75 Å². The summed E-state index contributed by atoms with van der Waals surface area (Å²) in [4.78, 5) is 29.6. The Morgan fingerprint density at radius 2 is 1.75 bits per heavy atom. The van der Waals surface area contributed by atoms with E-state index in [9.17, 15) is 9.59 Å². The summed E-state index contributed by atoms with van der Waals surface area (Å²) in [6.45, 7) is 12.7. The number of hydrogen-bond acceptors (Lipinski definition) is 6. The lowest BCUT2D eigenvalue weighted by molar-refractivity contribution is -0.118. The lowest BCUT2D eigenvalue weighted by atomic mass is 10.1. The standard InChI is InChI=1S/C25H33N3O4/c1-5-27-11-13-28(14-12-27)22-9-8-20(25(30)31-6-2)16-21(22)26-24(29)17-32-23-10-7-18(3)15-19(23)4/h7-10,15-16H,5-6,11-14,17H2,1-4H3,(H,26,29). The van der Waals surface area contributed by atoms with E-state index in [1.165, 1.54) is 0 Å². The summed E-state index contributed by atoms with van der Waals surface area (Å²) in [5.74, 6) is -0.00163. The van der Waals surface area contributed by atoms with Crippen molar-refractivity contribution in [3.63, 3.8) is 0 Å². The lowest BCUT2D eigenvalue weighted by Crippen LogP contribution is -2.46. The summed E-state index contributed by atoms with van der Waals surface area (Å²) >= 11 is 0. The van der Waals surface area contributed by atoms with Crippen LogP contribution in [0, 0.1) is 13.8 Å². The lowest BCUT2D eigenvalue weighted by Gasteiger charge is -2.36.